The molecular formula is C34H51N6O12S+. The van der Waals surface area contributed by atoms with Gasteiger partial charge in [-0.2, -0.15) is 4.31 Å². The third-order valence-corrected chi connectivity index (χ3v) is 10.9. The minimum atomic E-state index is -3.81. The molecule has 2 fully saturated rings. The summed E-state index contributed by atoms with van der Waals surface area (Å²) in [6.45, 7) is 4.49. The van der Waals surface area contributed by atoms with E-state index in [-0.39, 0.29) is 48.7 Å². The van der Waals surface area contributed by atoms with Crippen molar-refractivity contribution >= 4 is 51.9 Å². The molecule has 4 amide bonds. The van der Waals surface area contributed by atoms with Gasteiger partial charge in [0.15, 0.2) is 11.6 Å². The Morgan fingerprint density at radius 3 is 2.06 bits per heavy atom. The first-order chi connectivity index (χ1) is 24.9. The average molecular weight is 768 g/mol. The van der Waals surface area contributed by atoms with Gasteiger partial charge in [-0.1, -0.05) is 30.3 Å². The number of rotatable bonds is 13. The van der Waals surface area contributed by atoms with E-state index in [0.717, 1.165) is 10.6 Å². The van der Waals surface area contributed by atoms with Crippen molar-refractivity contribution in [2.45, 2.75) is 58.0 Å². The number of ether oxygens (including phenoxy) is 4. The van der Waals surface area contributed by atoms with Gasteiger partial charge in [0.25, 0.3) is 5.91 Å². The molecule has 1 aromatic carbocycles. The summed E-state index contributed by atoms with van der Waals surface area (Å²) in [6.07, 6.45) is 1.16. The summed E-state index contributed by atoms with van der Waals surface area (Å²) in [5, 5.41) is 5.43. The van der Waals surface area contributed by atoms with Gasteiger partial charge in [-0.25, -0.2) is 22.8 Å². The molecule has 2 aliphatic heterocycles. The van der Waals surface area contributed by atoms with Crippen LogP contribution in [0.1, 0.15) is 52.0 Å². The normalized spacial score (nSPS) is 20.5. The molecule has 0 radical (unpaired) electrons. The molecule has 0 aliphatic carbocycles. The van der Waals surface area contributed by atoms with Crippen LogP contribution in [0.2, 0.25) is 0 Å². The molecule has 0 saturated carbocycles. The quantitative estimate of drug-likeness (QED) is 0.0719. The van der Waals surface area contributed by atoms with Crippen LogP contribution in [-0.2, 0) is 53.7 Å². The number of likely N-dealkylation sites (tertiary alicyclic amines) is 2. The van der Waals surface area contributed by atoms with Crippen LogP contribution in [0.15, 0.2) is 35.3 Å². The van der Waals surface area contributed by atoms with Crippen molar-refractivity contribution < 1.29 is 60.6 Å². The van der Waals surface area contributed by atoms with Crippen molar-refractivity contribution in [3.8, 4) is 0 Å². The number of carbonyl (C=O) groups is 6. The fourth-order valence-electron chi connectivity index (χ4n) is 6.49. The van der Waals surface area contributed by atoms with E-state index in [1.54, 1.807) is 49.2 Å². The smallest absolute Gasteiger partial charge is 0.436 e. The minimum Gasteiger partial charge on any atom is -0.462 e. The lowest BCUT2D eigenvalue weighted by atomic mass is 9.89. The zero-order valence-corrected chi connectivity index (χ0v) is 31.9. The standard InChI is InChI=1S/C34H50N6O12S/c1-24(41)49-19-21-51-32(45)36-31(37-33(46)52-22-20-50-25(2)42)39-16-14-26(15-17-39)23-35-29(43)28-13-10-18-40(28,5)30(44)34(3,38(4)53(6,47)48)27-11-8-7-9-12-27/h7-9,11-12,26,28H,10,13-23H2,1-6H3,(H-,35,36,37,43,45,46)/p+1/t28-,34+,40?/m0/s1. The first-order valence-corrected chi connectivity index (χ1v) is 19.1. The molecular weight excluding hydrogens is 716 g/mol. The SMILES string of the molecule is CC(=O)OCCOC(=O)N=C(NC(=O)OCCOC(C)=O)N1CCC(CNC(=O)[C@@H]2CCC[N+]2(C)C(=O)[C@@](C)(c2ccccc2)N(C)S(C)(=O)=O)CC1. The Morgan fingerprint density at radius 2 is 1.49 bits per heavy atom. The molecule has 1 aromatic rings. The predicted octanol–water partition coefficient (Wildman–Crippen LogP) is 1.10. The van der Waals surface area contributed by atoms with Crippen LogP contribution in [0.25, 0.3) is 0 Å². The molecule has 2 heterocycles. The minimum absolute atomic E-state index is 0.00428. The number of sulfonamides is 1. The van der Waals surface area contributed by atoms with Gasteiger partial charge < -0.3 is 29.2 Å². The molecule has 1 unspecified atom stereocenters. The Kier molecular flexibility index (Phi) is 15.3. The number of alkyl carbamates (subject to hydrolysis) is 1. The summed E-state index contributed by atoms with van der Waals surface area (Å²) in [5.74, 6) is -1.94. The van der Waals surface area contributed by atoms with E-state index in [4.69, 9.17) is 18.9 Å². The second kappa shape index (κ2) is 18.9. The zero-order valence-electron chi connectivity index (χ0n) is 31.1. The molecule has 2 saturated heterocycles. The molecule has 294 valence electrons. The number of carbonyl (C=O) groups excluding carboxylic acids is 6. The number of nitrogens with zero attached hydrogens (tertiary/aromatic N) is 4. The zero-order chi connectivity index (χ0) is 39.4. The number of piperidine rings is 1. The van der Waals surface area contributed by atoms with Gasteiger partial charge in [-0.3, -0.25) is 24.2 Å². The van der Waals surface area contributed by atoms with E-state index in [2.05, 4.69) is 15.6 Å². The monoisotopic (exact) mass is 767 g/mol. The van der Waals surface area contributed by atoms with Crippen LogP contribution in [0.4, 0.5) is 9.59 Å². The highest BCUT2D eigenvalue weighted by molar-refractivity contribution is 7.88. The molecule has 0 bridgehead atoms. The highest BCUT2D eigenvalue weighted by Crippen LogP contribution is 2.38. The molecule has 0 aromatic heterocycles. The molecule has 2 N–H and O–H groups in total. The number of benzene rings is 1. The first kappa shape index (κ1) is 42.8. The maximum atomic E-state index is 14.5. The molecule has 2 aliphatic rings. The van der Waals surface area contributed by atoms with Gasteiger partial charge in [0.1, 0.15) is 26.4 Å². The van der Waals surface area contributed by atoms with Crippen LogP contribution in [0.3, 0.4) is 0 Å². The van der Waals surface area contributed by atoms with Crippen molar-refractivity contribution in [3.63, 3.8) is 0 Å². The maximum Gasteiger partial charge on any atom is 0.436 e. The number of guanidine groups is 1. The predicted molar refractivity (Wildman–Crippen MR) is 189 cm³/mol. The van der Waals surface area contributed by atoms with Gasteiger partial charge in [0.2, 0.25) is 16.0 Å². The summed E-state index contributed by atoms with van der Waals surface area (Å²) in [7, 11) is -0.752. The first-order valence-electron chi connectivity index (χ1n) is 17.3. The average Bonchev–Trinajstić information content (AvgIpc) is 3.52. The molecule has 3 rings (SSSR count). The summed E-state index contributed by atoms with van der Waals surface area (Å²) in [5.41, 5.74) is -1.08. The number of hydrogen-bond donors (Lipinski definition) is 2. The molecule has 53 heavy (non-hydrogen) atoms. The van der Waals surface area contributed by atoms with Gasteiger partial charge in [-0.05, 0) is 31.2 Å². The Labute approximate surface area is 309 Å². The van der Waals surface area contributed by atoms with Gasteiger partial charge in [0, 0.05) is 53.4 Å². The van der Waals surface area contributed by atoms with Crippen LogP contribution < -0.4 is 10.6 Å². The Morgan fingerprint density at radius 1 is 0.925 bits per heavy atom. The number of esters is 2. The second-order valence-electron chi connectivity index (χ2n) is 13.3. The van der Waals surface area contributed by atoms with Crippen molar-refractivity contribution in [2.24, 2.45) is 10.9 Å². The maximum absolute atomic E-state index is 14.5. The topological polar surface area (TPSA) is 216 Å². The van der Waals surface area contributed by atoms with Gasteiger partial charge in [0.05, 0.1) is 19.8 Å². The van der Waals surface area contributed by atoms with E-state index in [1.807, 2.05) is 0 Å². The fourth-order valence-corrected chi connectivity index (χ4v) is 7.33. The number of amides is 4. The van der Waals surface area contributed by atoms with E-state index in [1.165, 1.54) is 20.9 Å². The molecule has 18 nitrogen and oxygen atoms in total. The van der Waals surface area contributed by atoms with Crippen molar-refractivity contribution in [1.29, 1.82) is 0 Å². The van der Waals surface area contributed by atoms with Gasteiger partial charge in [-0.15, -0.1) is 4.99 Å². The summed E-state index contributed by atoms with van der Waals surface area (Å²) < 4.78 is 45.8. The second-order valence-corrected chi connectivity index (χ2v) is 15.3. The van der Waals surface area contributed by atoms with Crippen molar-refractivity contribution in [3.05, 3.63) is 35.9 Å². The fraction of sp³-hybridized carbons (Fsp3) is 0.618. The van der Waals surface area contributed by atoms with Crippen LogP contribution >= 0.6 is 0 Å². The summed E-state index contributed by atoms with van der Waals surface area (Å²) in [4.78, 5) is 80.6. The van der Waals surface area contributed by atoms with Crippen molar-refractivity contribution in [1.82, 2.24) is 19.8 Å². The number of quaternary nitrogens is 1. The Bertz CT molecular complexity index is 1630. The van der Waals surface area contributed by atoms with Crippen molar-refractivity contribution in [2.75, 3.05) is 73.0 Å². The lowest BCUT2D eigenvalue weighted by molar-refractivity contribution is -0.840. The third kappa shape index (κ3) is 11.7. The molecule has 19 heteroatoms. The Balaban J connectivity index is 1.66. The Hall–Kier alpha value is -4.62. The van der Waals surface area contributed by atoms with E-state index >= 15 is 0 Å². The van der Waals surface area contributed by atoms with Crippen LogP contribution in [0.5, 0.6) is 0 Å². The molecule has 0 spiro atoms. The molecule has 3 atom stereocenters. The number of nitrogens with one attached hydrogen (secondary N) is 2. The van der Waals surface area contributed by atoms with Crippen LogP contribution in [0, 0.1) is 5.92 Å². The number of hydrogen-bond acceptors (Lipinski definition) is 12. The number of aliphatic imine (C=N–C) groups is 1. The van der Waals surface area contributed by atoms with Gasteiger partial charge >= 0.3 is 30.0 Å². The number of likely N-dealkylation sites (N-methyl/N-ethyl adjacent to an activating group) is 2. The summed E-state index contributed by atoms with van der Waals surface area (Å²) in [6, 6.07) is 7.93. The van der Waals surface area contributed by atoms with E-state index in [0.29, 0.717) is 57.4 Å². The third-order valence-electron chi connectivity index (χ3n) is 9.56. The summed E-state index contributed by atoms with van der Waals surface area (Å²) >= 11 is 0. The highest BCUT2D eigenvalue weighted by atomic mass is 32.2. The largest absolute Gasteiger partial charge is 0.462 e. The highest BCUT2D eigenvalue weighted by Gasteiger charge is 2.58. The van der Waals surface area contributed by atoms with E-state index < -0.39 is 51.6 Å². The lowest BCUT2D eigenvalue weighted by Crippen LogP contribution is -2.66. The lowest BCUT2D eigenvalue weighted by Gasteiger charge is -2.43. The van der Waals surface area contributed by atoms with Crippen LogP contribution in [-0.4, -0.2) is 143 Å². The van der Waals surface area contributed by atoms with E-state index in [9.17, 15) is 37.2 Å².